The van der Waals surface area contributed by atoms with Gasteiger partial charge in [0.2, 0.25) is 0 Å². The van der Waals surface area contributed by atoms with Crippen LogP contribution in [0.1, 0.15) is 36.6 Å². The molecule has 114 valence electrons. The fourth-order valence-corrected chi connectivity index (χ4v) is 2.57. The Kier molecular flexibility index (Phi) is 5.52. The summed E-state index contributed by atoms with van der Waals surface area (Å²) in [6.45, 7) is 3.97. The van der Waals surface area contributed by atoms with Crippen molar-refractivity contribution >= 4 is 17.3 Å². The van der Waals surface area contributed by atoms with Crippen molar-refractivity contribution in [2.75, 3.05) is 6.54 Å². The number of nitrogens with one attached hydrogen (secondary N) is 1. The van der Waals surface area contributed by atoms with Crippen molar-refractivity contribution in [3.05, 3.63) is 16.1 Å². The third-order valence-electron chi connectivity index (χ3n) is 3.37. The van der Waals surface area contributed by atoms with Crippen LogP contribution in [0.2, 0.25) is 0 Å². The highest BCUT2D eigenvalue weighted by Crippen LogP contribution is 2.32. The Morgan fingerprint density at radius 3 is 2.40 bits per heavy atom. The number of aromatic nitrogens is 1. The summed E-state index contributed by atoms with van der Waals surface area (Å²) in [7, 11) is 0. The van der Waals surface area contributed by atoms with Gasteiger partial charge in [-0.1, -0.05) is 13.8 Å². The minimum Gasteiger partial charge on any atom is -0.481 e. The van der Waals surface area contributed by atoms with E-state index in [-0.39, 0.29) is 13.1 Å². The molecule has 4 nitrogen and oxygen atoms in total. The van der Waals surface area contributed by atoms with Crippen molar-refractivity contribution in [1.29, 1.82) is 0 Å². The Hall–Kier alpha value is -1.15. The SMILES string of the molecule is CCC(CC)(CNCc1cnc(C(F)(F)F)s1)C(=O)O. The van der Waals surface area contributed by atoms with E-state index in [2.05, 4.69) is 10.3 Å². The van der Waals surface area contributed by atoms with Crippen molar-refractivity contribution in [1.82, 2.24) is 10.3 Å². The lowest BCUT2D eigenvalue weighted by atomic mass is 9.82. The average Bonchev–Trinajstić information content (AvgIpc) is 2.83. The van der Waals surface area contributed by atoms with Crippen molar-refractivity contribution in [2.45, 2.75) is 39.4 Å². The first kappa shape index (κ1) is 16.9. The van der Waals surface area contributed by atoms with Crippen LogP contribution >= 0.6 is 11.3 Å². The molecule has 1 rings (SSSR count). The summed E-state index contributed by atoms with van der Waals surface area (Å²) >= 11 is 0.568. The molecule has 0 aliphatic rings. The number of nitrogens with zero attached hydrogens (tertiary/aromatic N) is 1. The molecule has 0 bridgehead atoms. The number of hydrogen-bond acceptors (Lipinski definition) is 4. The molecule has 1 aromatic heterocycles. The summed E-state index contributed by atoms with van der Waals surface area (Å²) in [5.74, 6) is -0.893. The Morgan fingerprint density at radius 1 is 1.40 bits per heavy atom. The molecular weight excluding hydrogens is 293 g/mol. The molecule has 0 aromatic carbocycles. The average molecular weight is 310 g/mol. The minimum atomic E-state index is -4.43. The van der Waals surface area contributed by atoms with Crippen LogP contribution in [-0.2, 0) is 17.5 Å². The maximum Gasteiger partial charge on any atom is 0.443 e. The number of carboxylic acids is 1. The van der Waals surface area contributed by atoms with Crippen molar-refractivity contribution in [3.8, 4) is 0 Å². The molecule has 20 heavy (non-hydrogen) atoms. The number of rotatable bonds is 7. The van der Waals surface area contributed by atoms with E-state index in [9.17, 15) is 23.1 Å². The molecule has 0 saturated heterocycles. The summed E-state index contributed by atoms with van der Waals surface area (Å²) in [6.07, 6.45) is -2.34. The van der Waals surface area contributed by atoms with Crippen LogP contribution in [0.3, 0.4) is 0 Å². The number of carbonyl (C=O) groups is 1. The second-order valence-corrected chi connectivity index (χ2v) is 5.64. The summed E-state index contributed by atoms with van der Waals surface area (Å²) in [5, 5.41) is 11.3. The van der Waals surface area contributed by atoms with Crippen LogP contribution in [0.15, 0.2) is 6.20 Å². The largest absolute Gasteiger partial charge is 0.481 e. The molecule has 0 aliphatic carbocycles. The Morgan fingerprint density at radius 2 is 2.00 bits per heavy atom. The van der Waals surface area contributed by atoms with Gasteiger partial charge < -0.3 is 10.4 Å². The molecule has 0 amide bonds. The number of alkyl halides is 3. The van der Waals surface area contributed by atoms with E-state index < -0.39 is 22.6 Å². The molecule has 0 radical (unpaired) electrons. The minimum absolute atomic E-state index is 0.183. The van der Waals surface area contributed by atoms with Crippen molar-refractivity contribution in [3.63, 3.8) is 0 Å². The van der Waals surface area contributed by atoms with Gasteiger partial charge in [-0.05, 0) is 12.8 Å². The zero-order valence-electron chi connectivity index (χ0n) is 11.3. The number of aliphatic carboxylic acids is 1. The molecule has 0 atom stereocenters. The van der Waals surface area contributed by atoms with Crippen LogP contribution in [0.25, 0.3) is 0 Å². The summed E-state index contributed by atoms with van der Waals surface area (Å²) < 4.78 is 37.1. The van der Waals surface area contributed by atoms with Crippen LogP contribution in [0.4, 0.5) is 13.2 Å². The van der Waals surface area contributed by atoms with E-state index in [0.717, 1.165) is 0 Å². The molecule has 0 aliphatic heterocycles. The number of hydrogen-bond donors (Lipinski definition) is 2. The highest BCUT2D eigenvalue weighted by Gasteiger charge is 2.35. The van der Waals surface area contributed by atoms with Crippen LogP contribution in [0.5, 0.6) is 0 Å². The van der Waals surface area contributed by atoms with E-state index >= 15 is 0 Å². The smallest absolute Gasteiger partial charge is 0.443 e. The van der Waals surface area contributed by atoms with Gasteiger partial charge in [-0.25, -0.2) is 4.98 Å². The van der Waals surface area contributed by atoms with Crippen molar-refractivity contribution < 1.29 is 23.1 Å². The van der Waals surface area contributed by atoms with Crippen LogP contribution in [0, 0.1) is 5.41 Å². The third kappa shape index (κ3) is 3.92. The molecular formula is C12H17F3N2O2S. The molecule has 8 heteroatoms. The Bertz CT molecular complexity index is 456. The van der Waals surface area contributed by atoms with E-state index in [0.29, 0.717) is 29.1 Å². The molecule has 0 fully saturated rings. The predicted molar refractivity (Wildman–Crippen MR) is 69.5 cm³/mol. The first-order valence-corrected chi connectivity index (χ1v) is 7.03. The molecule has 1 heterocycles. The van der Waals surface area contributed by atoms with Gasteiger partial charge in [-0.2, -0.15) is 13.2 Å². The van der Waals surface area contributed by atoms with Gasteiger partial charge in [0, 0.05) is 24.2 Å². The van der Waals surface area contributed by atoms with E-state index in [1.165, 1.54) is 6.20 Å². The van der Waals surface area contributed by atoms with Gasteiger partial charge in [0.1, 0.15) is 0 Å². The topological polar surface area (TPSA) is 62.2 Å². The molecule has 1 aromatic rings. The van der Waals surface area contributed by atoms with E-state index in [4.69, 9.17) is 0 Å². The zero-order chi connectivity index (χ0) is 15.4. The highest BCUT2D eigenvalue weighted by molar-refractivity contribution is 7.11. The summed E-state index contributed by atoms with van der Waals surface area (Å²) in [5.41, 5.74) is -0.877. The zero-order valence-corrected chi connectivity index (χ0v) is 12.1. The first-order valence-electron chi connectivity index (χ1n) is 6.21. The van der Waals surface area contributed by atoms with Gasteiger partial charge in [0.05, 0.1) is 5.41 Å². The maximum absolute atomic E-state index is 12.4. The Balaban J connectivity index is 2.60. The molecule has 0 spiro atoms. The van der Waals surface area contributed by atoms with E-state index in [1.807, 2.05) is 0 Å². The van der Waals surface area contributed by atoms with Crippen LogP contribution in [-0.4, -0.2) is 22.6 Å². The lowest BCUT2D eigenvalue weighted by molar-refractivity contribution is -0.149. The standard InChI is InChI=1S/C12H17F3N2O2S/c1-3-11(4-2,10(18)19)7-16-5-8-6-17-9(20-8)12(13,14)15/h6,16H,3-5,7H2,1-2H3,(H,18,19). The second-order valence-electron chi connectivity index (χ2n) is 4.53. The van der Waals surface area contributed by atoms with Crippen molar-refractivity contribution in [2.24, 2.45) is 5.41 Å². The predicted octanol–water partition coefficient (Wildman–Crippen LogP) is 3.14. The normalized spacial score (nSPS) is 12.7. The van der Waals surface area contributed by atoms with Gasteiger partial charge in [0.15, 0.2) is 5.01 Å². The van der Waals surface area contributed by atoms with E-state index in [1.54, 1.807) is 13.8 Å². The van der Waals surface area contributed by atoms with Gasteiger partial charge in [-0.3, -0.25) is 4.79 Å². The quantitative estimate of drug-likeness (QED) is 0.812. The lowest BCUT2D eigenvalue weighted by Gasteiger charge is -2.26. The molecule has 0 saturated carbocycles. The van der Waals surface area contributed by atoms with Crippen LogP contribution < -0.4 is 5.32 Å². The second kappa shape index (κ2) is 6.53. The summed E-state index contributed by atoms with van der Waals surface area (Å²) in [4.78, 5) is 15.0. The molecule has 2 N–H and O–H groups in total. The Labute approximate surface area is 119 Å². The monoisotopic (exact) mass is 310 g/mol. The number of halogens is 3. The fourth-order valence-electron chi connectivity index (χ4n) is 1.82. The number of carboxylic acid groups (broad SMARTS) is 1. The fraction of sp³-hybridized carbons (Fsp3) is 0.667. The maximum atomic E-state index is 12.4. The van der Waals surface area contributed by atoms with Gasteiger partial charge >= 0.3 is 12.1 Å². The summed E-state index contributed by atoms with van der Waals surface area (Å²) in [6, 6.07) is 0. The van der Waals surface area contributed by atoms with Gasteiger partial charge in [0.25, 0.3) is 0 Å². The molecule has 0 unspecified atom stereocenters. The third-order valence-corrected chi connectivity index (χ3v) is 4.41. The first-order chi connectivity index (χ1) is 9.25. The lowest BCUT2D eigenvalue weighted by Crippen LogP contribution is -2.39. The van der Waals surface area contributed by atoms with Gasteiger partial charge in [-0.15, -0.1) is 11.3 Å². The number of thiazole rings is 1. The highest BCUT2D eigenvalue weighted by atomic mass is 32.1.